The summed E-state index contributed by atoms with van der Waals surface area (Å²) in [6.45, 7) is 5.90. The third kappa shape index (κ3) is 5.25. The Bertz CT molecular complexity index is 713. The van der Waals surface area contributed by atoms with E-state index in [4.69, 9.17) is 0 Å². The van der Waals surface area contributed by atoms with Gasteiger partial charge in [0.1, 0.15) is 0 Å². The summed E-state index contributed by atoms with van der Waals surface area (Å²) in [5.74, 6) is 0.286. The molecule has 23 heavy (non-hydrogen) atoms. The predicted octanol–water partition coefficient (Wildman–Crippen LogP) is 2.86. The van der Waals surface area contributed by atoms with Gasteiger partial charge in [-0.2, -0.15) is 0 Å². The molecule has 6 heteroatoms. The molecule has 0 aliphatic heterocycles. The molecule has 0 fully saturated rings. The van der Waals surface area contributed by atoms with Crippen LogP contribution < -0.4 is 10.9 Å². The van der Waals surface area contributed by atoms with Crippen LogP contribution in [0.4, 0.5) is 0 Å². The average Bonchev–Trinajstić information content (AvgIpc) is 2.53. The number of hydrogen-bond donors (Lipinski definition) is 2. The Labute approximate surface area is 139 Å². The van der Waals surface area contributed by atoms with Crippen molar-refractivity contribution in [1.82, 2.24) is 15.3 Å². The van der Waals surface area contributed by atoms with Crippen molar-refractivity contribution in [3.8, 4) is 0 Å². The molecule has 0 radical (unpaired) electrons. The highest BCUT2D eigenvalue weighted by Crippen LogP contribution is 2.16. The Morgan fingerprint density at radius 1 is 1.26 bits per heavy atom. The number of amides is 1. The molecule has 2 N–H and O–H groups in total. The molecule has 0 aliphatic carbocycles. The summed E-state index contributed by atoms with van der Waals surface area (Å²) in [6.07, 6.45) is 0. The van der Waals surface area contributed by atoms with E-state index >= 15 is 0 Å². The monoisotopic (exact) mass is 331 g/mol. The lowest BCUT2D eigenvalue weighted by molar-refractivity contribution is -0.119. The van der Waals surface area contributed by atoms with Crippen molar-refractivity contribution in [3.05, 3.63) is 58.0 Å². The van der Waals surface area contributed by atoms with E-state index in [-0.39, 0.29) is 29.2 Å². The van der Waals surface area contributed by atoms with Gasteiger partial charge in [-0.05, 0) is 18.4 Å². The quantitative estimate of drug-likeness (QED) is 0.630. The van der Waals surface area contributed by atoms with Gasteiger partial charge >= 0.3 is 0 Å². The number of aromatic amines is 1. The second-order valence-corrected chi connectivity index (χ2v) is 6.58. The van der Waals surface area contributed by atoms with Crippen LogP contribution in [0.15, 0.2) is 46.3 Å². The molecule has 0 saturated heterocycles. The van der Waals surface area contributed by atoms with Crippen molar-refractivity contribution in [2.24, 2.45) is 0 Å². The molecule has 0 bridgehead atoms. The lowest BCUT2D eigenvalue weighted by Gasteiger charge is -2.14. The Balaban J connectivity index is 1.93. The molecule has 1 heterocycles. The molecule has 0 aliphatic rings. The summed E-state index contributed by atoms with van der Waals surface area (Å²) in [6, 6.07) is 11.2. The largest absolute Gasteiger partial charge is 0.349 e. The van der Waals surface area contributed by atoms with E-state index in [0.717, 1.165) is 11.3 Å². The molecule has 2 rings (SSSR count). The number of benzene rings is 1. The number of hydrogen-bond acceptors (Lipinski definition) is 4. The van der Waals surface area contributed by atoms with Crippen LogP contribution in [-0.4, -0.2) is 21.6 Å². The minimum absolute atomic E-state index is 0.0571. The summed E-state index contributed by atoms with van der Waals surface area (Å²) >= 11 is 1.23. The van der Waals surface area contributed by atoms with Gasteiger partial charge in [-0.3, -0.25) is 9.59 Å². The smallest absolute Gasteiger partial charge is 0.251 e. The molecule has 5 nitrogen and oxygen atoms in total. The summed E-state index contributed by atoms with van der Waals surface area (Å²) in [4.78, 5) is 30.7. The van der Waals surface area contributed by atoms with Crippen molar-refractivity contribution >= 4 is 17.7 Å². The van der Waals surface area contributed by atoms with E-state index in [2.05, 4.69) is 15.3 Å². The number of nitrogens with one attached hydrogen (secondary N) is 2. The first kappa shape index (κ1) is 17.3. The average molecular weight is 331 g/mol. The van der Waals surface area contributed by atoms with Crippen LogP contribution >= 0.6 is 11.8 Å². The van der Waals surface area contributed by atoms with E-state index in [1.54, 1.807) is 0 Å². The van der Waals surface area contributed by atoms with E-state index in [1.807, 2.05) is 51.1 Å². The third-order valence-corrected chi connectivity index (χ3v) is 4.22. The predicted molar refractivity (Wildman–Crippen MR) is 92.7 cm³/mol. The fourth-order valence-electron chi connectivity index (χ4n) is 2.06. The molecule has 0 saturated carbocycles. The molecule has 0 spiro atoms. The van der Waals surface area contributed by atoms with Crippen molar-refractivity contribution in [3.63, 3.8) is 0 Å². The standard InChI is InChI=1S/C17H21N3O2S/c1-11(2)14-9-15(21)20-17(19-14)23-10-16(22)18-12(3)13-7-5-4-6-8-13/h4-9,11-12H,10H2,1-3H3,(H,18,22)(H,19,20,21)/t12-/m1/s1. The van der Waals surface area contributed by atoms with Crippen LogP contribution in [0, 0.1) is 0 Å². The second kappa shape index (κ2) is 7.97. The Hall–Kier alpha value is -2.08. The minimum Gasteiger partial charge on any atom is -0.349 e. The summed E-state index contributed by atoms with van der Waals surface area (Å²) in [5.41, 5.74) is 1.60. The van der Waals surface area contributed by atoms with Gasteiger partial charge in [-0.1, -0.05) is 55.9 Å². The SMILES string of the molecule is CC(C)c1cc(=O)[nH]c(SCC(=O)N[C@H](C)c2ccccc2)n1. The molecule has 1 aromatic carbocycles. The van der Waals surface area contributed by atoms with Gasteiger partial charge in [0, 0.05) is 6.07 Å². The van der Waals surface area contributed by atoms with Crippen LogP contribution in [-0.2, 0) is 4.79 Å². The van der Waals surface area contributed by atoms with E-state index in [0.29, 0.717) is 5.16 Å². The Morgan fingerprint density at radius 3 is 2.61 bits per heavy atom. The molecular formula is C17H21N3O2S. The fourth-order valence-corrected chi connectivity index (χ4v) is 2.75. The topological polar surface area (TPSA) is 74.8 Å². The van der Waals surface area contributed by atoms with Crippen molar-refractivity contribution in [1.29, 1.82) is 0 Å². The van der Waals surface area contributed by atoms with Crippen molar-refractivity contribution in [2.45, 2.75) is 37.9 Å². The van der Waals surface area contributed by atoms with Gasteiger partial charge in [0.25, 0.3) is 5.56 Å². The molecule has 122 valence electrons. The zero-order chi connectivity index (χ0) is 16.8. The number of carbonyl (C=O) groups excluding carboxylic acids is 1. The summed E-state index contributed by atoms with van der Waals surface area (Å²) in [5, 5.41) is 3.41. The maximum absolute atomic E-state index is 12.1. The lowest BCUT2D eigenvalue weighted by Crippen LogP contribution is -2.28. The van der Waals surface area contributed by atoms with Crippen LogP contribution in [0.5, 0.6) is 0 Å². The summed E-state index contributed by atoms with van der Waals surface area (Å²) in [7, 11) is 0. The van der Waals surface area contributed by atoms with Crippen LogP contribution in [0.3, 0.4) is 0 Å². The Kier molecular flexibility index (Phi) is 5.98. The number of rotatable bonds is 6. The highest BCUT2D eigenvalue weighted by molar-refractivity contribution is 7.99. The maximum Gasteiger partial charge on any atom is 0.251 e. The zero-order valence-electron chi connectivity index (χ0n) is 13.5. The fraction of sp³-hybridized carbons (Fsp3) is 0.353. The highest BCUT2D eigenvalue weighted by atomic mass is 32.2. The number of nitrogens with zero attached hydrogens (tertiary/aromatic N) is 1. The van der Waals surface area contributed by atoms with E-state index < -0.39 is 0 Å². The first-order chi connectivity index (χ1) is 11.0. The van der Waals surface area contributed by atoms with Crippen LogP contribution in [0.1, 0.15) is 44.0 Å². The molecule has 1 aromatic heterocycles. The molecule has 1 amide bonds. The van der Waals surface area contributed by atoms with E-state index in [9.17, 15) is 9.59 Å². The Morgan fingerprint density at radius 2 is 1.96 bits per heavy atom. The van der Waals surface area contributed by atoms with Crippen molar-refractivity contribution < 1.29 is 4.79 Å². The number of carbonyl (C=O) groups is 1. The van der Waals surface area contributed by atoms with Gasteiger partial charge < -0.3 is 10.3 Å². The molecule has 1 atom stereocenters. The molecule has 2 aromatic rings. The maximum atomic E-state index is 12.1. The van der Waals surface area contributed by atoms with Crippen molar-refractivity contribution in [2.75, 3.05) is 5.75 Å². The van der Waals surface area contributed by atoms with Gasteiger partial charge in [0.15, 0.2) is 5.16 Å². The first-order valence-corrected chi connectivity index (χ1v) is 8.52. The normalized spacial score (nSPS) is 12.2. The lowest BCUT2D eigenvalue weighted by atomic mass is 10.1. The zero-order valence-corrected chi connectivity index (χ0v) is 14.3. The second-order valence-electron chi connectivity index (χ2n) is 5.62. The van der Waals surface area contributed by atoms with Crippen LogP contribution in [0.2, 0.25) is 0 Å². The van der Waals surface area contributed by atoms with Gasteiger partial charge in [0.2, 0.25) is 5.91 Å². The minimum atomic E-state index is -0.190. The molecule has 0 unspecified atom stereocenters. The highest BCUT2D eigenvalue weighted by Gasteiger charge is 2.11. The number of thioether (sulfide) groups is 1. The number of aromatic nitrogens is 2. The first-order valence-electron chi connectivity index (χ1n) is 7.54. The number of H-pyrrole nitrogens is 1. The van der Waals surface area contributed by atoms with Crippen LogP contribution in [0.25, 0.3) is 0 Å². The summed E-state index contributed by atoms with van der Waals surface area (Å²) < 4.78 is 0. The van der Waals surface area contributed by atoms with E-state index in [1.165, 1.54) is 17.8 Å². The third-order valence-electron chi connectivity index (χ3n) is 3.35. The molecular weight excluding hydrogens is 310 g/mol. The van der Waals surface area contributed by atoms with Gasteiger partial charge in [0.05, 0.1) is 17.5 Å². The van der Waals surface area contributed by atoms with Gasteiger partial charge in [-0.15, -0.1) is 0 Å². The van der Waals surface area contributed by atoms with Gasteiger partial charge in [-0.25, -0.2) is 4.98 Å².